The van der Waals surface area contributed by atoms with E-state index in [4.69, 9.17) is 13.9 Å². The molecule has 1 amide bonds. The summed E-state index contributed by atoms with van der Waals surface area (Å²) in [6.45, 7) is 2.02. The molecule has 7 heteroatoms. The molecule has 2 saturated heterocycles. The van der Waals surface area contributed by atoms with Crippen molar-refractivity contribution in [1.29, 1.82) is 0 Å². The van der Waals surface area contributed by atoms with Crippen molar-refractivity contribution in [3.8, 4) is 5.88 Å². The number of hydrogen-bond acceptors (Lipinski definition) is 5. The highest BCUT2D eigenvalue weighted by atomic mass is 19.1. The quantitative estimate of drug-likeness (QED) is 0.829. The van der Waals surface area contributed by atoms with Gasteiger partial charge in [-0.2, -0.15) is 0 Å². The third kappa shape index (κ3) is 3.11. The number of nitrogens with zero attached hydrogens (tertiary/aromatic N) is 2. The second-order valence-electron chi connectivity index (χ2n) is 6.51. The number of amides is 1. The van der Waals surface area contributed by atoms with Crippen LogP contribution >= 0.6 is 0 Å². The van der Waals surface area contributed by atoms with E-state index in [0.29, 0.717) is 32.1 Å². The fraction of sp³-hybridized carbons (Fsp3) is 0.444. The molecule has 0 aromatic carbocycles. The van der Waals surface area contributed by atoms with Gasteiger partial charge in [0.25, 0.3) is 0 Å². The van der Waals surface area contributed by atoms with Crippen LogP contribution in [-0.4, -0.2) is 47.7 Å². The zero-order valence-corrected chi connectivity index (χ0v) is 13.7. The maximum atomic E-state index is 13.6. The predicted octanol–water partition coefficient (Wildman–Crippen LogP) is 2.05. The predicted molar refractivity (Wildman–Crippen MR) is 85.5 cm³/mol. The highest BCUT2D eigenvalue weighted by molar-refractivity contribution is 5.79. The second-order valence-corrected chi connectivity index (χ2v) is 6.51. The number of carbonyl (C=O) groups is 1. The Kier molecular flexibility index (Phi) is 4.17. The normalized spacial score (nSPS) is 21.3. The van der Waals surface area contributed by atoms with Crippen LogP contribution in [-0.2, 0) is 16.0 Å². The molecule has 2 fully saturated rings. The summed E-state index contributed by atoms with van der Waals surface area (Å²) in [5.74, 6) is 0.325. The first kappa shape index (κ1) is 16.1. The number of likely N-dealkylation sites (tertiary alicyclic amines) is 1. The molecule has 1 spiro atoms. The van der Waals surface area contributed by atoms with E-state index in [2.05, 4.69) is 4.98 Å². The summed E-state index contributed by atoms with van der Waals surface area (Å²) in [5, 5.41) is 0. The minimum Gasteiger partial charge on any atom is -0.475 e. The number of halogens is 1. The topological polar surface area (TPSA) is 64.8 Å². The third-order valence-corrected chi connectivity index (χ3v) is 4.92. The molecular weight excluding hydrogens is 327 g/mol. The molecule has 0 unspecified atom stereocenters. The Balaban J connectivity index is 1.33. The average molecular weight is 346 g/mol. The van der Waals surface area contributed by atoms with Gasteiger partial charge in [-0.3, -0.25) is 4.79 Å². The Morgan fingerprint density at radius 1 is 1.40 bits per heavy atom. The first-order chi connectivity index (χ1) is 12.2. The molecule has 1 atom stereocenters. The number of ether oxygens (including phenoxy) is 2. The van der Waals surface area contributed by atoms with E-state index in [1.54, 1.807) is 23.3 Å². The SMILES string of the molecule is O=C(Cc1ccco1)N1CC2(C1)OCC[C@H]2COc1ncccc1F. The molecule has 2 aliphatic rings. The van der Waals surface area contributed by atoms with Gasteiger partial charge in [0.1, 0.15) is 11.4 Å². The minimum absolute atomic E-state index is 0.00891. The molecule has 2 aromatic rings. The smallest absolute Gasteiger partial charge is 0.250 e. The lowest BCUT2D eigenvalue weighted by atomic mass is 9.81. The van der Waals surface area contributed by atoms with Gasteiger partial charge in [-0.05, 0) is 30.7 Å². The zero-order chi connectivity index (χ0) is 17.3. The molecule has 0 saturated carbocycles. The minimum atomic E-state index is -0.473. The molecule has 0 bridgehead atoms. The first-order valence-electron chi connectivity index (χ1n) is 8.34. The molecule has 0 radical (unpaired) electrons. The average Bonchev–Trinajstić information content (AvgIpc) is 3.22. The van der Waals surface area contributed by atoms with Gasteiger partial charge in [0.05, 0.1) is 32.4 Å². The van der Waals surface area contributed by atoms with Crippen molar-refractivity contribution >= 4 is 5.91 Å². The van der Waals surface area contributed by atoms with Crippen molar-refractivity contribution < 1.29 is 23.1 Å². The molecule has 2 aromatic heterocycles. The van der Waals surface area contributed by atoms with E-state index >= 15 is 0 Å². The van der Waals surface area contributed by atoms with Gasteiger partial charge in [0, 0.05) is 18.7 Å². The molecular formula is C18H19FN2O4. The standard InChI is InChI=1S/C18H19FN2O4/c19-15-4-1-6-20-17(15)24-10-13-5-8-25-18(13)11-21(12-18)16(22)9-14-3-2-7-23-14/h1-4,6-7,13H,5,8-12H2/t13-/m0/s1. The Morgan fingerprint density at radius 2 is 2.28 bits per heavy atom. The number of aromatic nitrogens is 1. The highest BCUT2D eigenvalue weighted by Crippen LogP contribution is 2.40. The lowest BCUT2D eigenvalue weighted by Crippen LogP contribution is -2.67. The summed E-state index contributed by atoms with van der Waals surface area (Å²) in [7, 11) is 0. The Morgan fingerprint density at radius 3 is 3.04 bits per heavy atom. The van der Waals surface area contributed by atoms with Gasteiger partial charge >= 0.3 is 0 Å². The summed E-state index contributed by atoms with van der Waals surface area (Å²) < 4.78 is 30.3. The fourth-order valence-electron chi connectivity index (χ4n) is 3.48. The van der Waals surface area contributed by atoms with Crippen molar-refractivity contribution in [2.45, 2.75) is 18.4 Å². The van der Waals surface area contributed by atoms with Crippen LogP contribution in [0.3, 0.4) is 0 Å². The molecule has 25 heavy (non-hydrogen) atoms. The lowest BCUT2D eigenvalue weighted by Gasteiger charge is -2.50. The fourth-order valence-corrected chi connectivity index (χ4v) is 3.48. The van der Waals surface area contributed by atoms with Crippen molar-refractivity contribution in [3.63, 3.8) is 0 Å². The summed E-state index contributed by atoms with van der Waals surface area (Å²) in [6.07, 6.45) is 4.14. The van der Waals surface area contributed by atoms with Crippen LogP contribution in [0.15, 0.2) is 41.1 Å². The molecule has 132 valence electrons. The monoisotopic (exact) mass is 346 g/mol. The molecule has 2 aliphatic heterocycles. The lowest BCUT2D eigenvalue weighted by molar-refractivity contribution is -0.166. The van der Waals surface area contributed by atoms with Crippen LogP contribution in [0.1, 0.15) is 12.2 Å². The summed E-state index contributed by atoms with van der Waals surface area (Å²) in [4.78, 5) is 18.0. The third-order valence-electron chi connectivity index (χ3n) is 4.92. The summed E-state index contributed by atoms with van der Waals surface area (Å²) >= 11 is 0. The molecule has 0 aliphatic carbocycles. The van der Waals surface area contributed by atoms with Crippen LogP contribution in [0.2, 0.25) is 0 Å². The summed E-state index contributed by atoms with van der Waals surface area (Å²) in [6, 6.07) is 6.40. The van der Waals surface area contributed by atoms with Gasteiger partial charge in [-0.15, -0.1) is 0 Å². The maximum absolute atomic E-state index is 13.6. The van der Waals surface area contributed by atoms with Crippen molar-refractivity contribution in [1.82, 2.24) is 9.88 Å². The maximum Gasteiger partial charge on any atom is 0.250 e. The van der Waals surface area contributed by atoms with E-state index in [0.717, 1.165) is 6.42 Å². The number of furan rings is 1. The van der Waals surface area contributed by atoms with Crippen LogP contribution in [0.5, 0.6) is 5.88 Å². The van der Waals surface area contributed by atoms with Crippen LogP contribution in [0, 0.1) is 11.7 Å². The van der Waals surface area contributed by atoms with Crippen LogP contribution in [0.4, 0.5) is 4.39 Å². The van der Waals surface area contributed by atoms with E-state index in [9.17, 15) is 9.18 Å². The van der Waals surface area contributed by atoms with Gasteiger partial charge in [0.2, 0.25) is 11.8 Å². The zero-order valence-electron chi connectivity index (χ0n) is 13.7. The number of pyridine rings is 1. The molecule has 0 N–H and O–H groups in total. The Labute approximate surface area is 144 Å². The highest BCUT2D eigenvalue weighted by Gasteiger charge is 2.54. The van der Waals surface area contributed by atoms with Gasteiger partial charge in [-0.25, -0.2) is 9.37 Å². The molecule has 4 rings (SSSR count). The Hall–Kier alpha value is -2.41. The van der Waals surface area contributed by atoms with Crippen LogP contribution in [0.25, 0.3) is 0 Å². The molecule has 6 nitrogen and oxygen atoms in total. The van der Waals surface area contributed by atoms with E-state index in [1.165, 1.54) is 18.3 Å². The number of rotatable bonds is 5. The van der Waals surface area contributed by atoms with Gasteiger partial charge in [0.15, 0.2) is 5.82 Å². The number of hydrogen-bond donors (Lipinski definition) is 0. The van der Waals surface area contributed by atoms with Gasteiger partial charge < -0.3 is 18.8 Å². The Bertz CT molecular complexity index is 743. The van der Waals surface area contributed by atoms with Crippen molar-refractivity contribution in [3.05, 3.63) is 48.3 Å². The van der Waals surface area contributed by atoms with Crippen molar-refractivity contribution in [2.24, 2.45) is 5.92 Å². The van der Waals surface area contributed by atoms with Crippen LogP contribution < -0.4 is 4.74 Å². The molecule has 4 heterocycles. The first-order valence-corrected chi connectivity index (χ1v) is 8.34. The summed E-state index contributed by atoms with van der Waals surface area (Å²) in [5.41, 5.74) is -0.385. The van der Waals surface area contributed by atoms with E-state index < -0.39 is 5.82 Å². The number of carbonyl (C=O) groups excluding carboxylic acids is 1. The second kappa shape index (κ2) is 6.48. The van der Waals surface area contributed by atoms with E-state index in [-0.39, 0.29) is 29.7 Å². The van der Waals surface area contributed by atoms with Crippen molar-refractivity contribution in [2.75, 3.05) is 26.3 Å². The van der Waals surface area contributed by atoms with E-state index in [1.807, 2.05) is 0 Å². The largest absolute Gasteiger partial charge is 0.475 e. The van der Waals surface area contributed by atoms with Gasteiger partial charge in [-0.1, -0.05) is 0 Å².